The van der Waals surface area contributed by atoms with E-state index in [1.54, 1.807) is 17.9 Å². The maximum atomic E-state index is 8.00. The van der Waals surface area contributed by atoms with Crippen LogP contribution in [0, 0.1) is 0 Å². The molecule has 0 unspecified atom stereocenters. The van der Waals surface area contributed by atoms with Crippen LogP contribution in [0.15, 0.2) is 53.7 Å². The minimum Gasteiger partial charge on any atom is -0.457 e. The molecule has 1 aromatic carbocycles. The molecule has 27 heavy (non-hydrogen) atoms. The molecule has 8 heteroatoms. The first-order valence-corrected chi connectivity index (χ1v) is 10.1. The average molecular weight is 410 g/mol. The third kappa shape index (κ3) is 9.25. The molecule has 0 aliphatic carbocycles. The number of nitrogens with one attached hydrogen (secondary N) is 1. The van der Waals surface area contributed by atoms with Gasteiger partial charge in [-0.05, 0) is 62.2 Å². The maximum absolute atomic E-state index is 8.00. The molecule has 0 spiro atoms. The number of ether oxygens (including phenoxy) is 1. The summed E-state index contributed by atoms with van der Waals surface area (Å²) in [5.74, 6) is 2.86. The Morgan fingerprint density at radius 3 is 2.30 bits per heavy atom. The van der Waals surface area contributed by atoms with Crippen LogP contribution in [0.2, 0.25) is 0 Å². The van der Waals surface area contributed by atoms with Gasteiger partial charge in [-0.1, -0.05) is 0 Å². The van der Waals surface area contributed by atoms with Crippen LogP contribution in [-0.2, 0) is 4.79 Å². The van der Waals surface area contributed by atoms with Crippen LogP contribution in [0.1, 0.15) is 13.8 Å². The zero-order valence-corrected chi connectivity index (χ0v) is 17.6. The van der Waals surface area contributed by atoms with E-state index in [1.165, 1.54) is 17.7 Å². The van der Waals surface area contributed by atoms with Gasteiger partial charge in [-0.25, -0.2) is 9.79 Å². The number of hydrogen-bond acceptors (Lipinski definition) is 8. The molecule has 3 rings (SSSR count). The minimum absolute atomic E-state index is 0.343. The van der Waals surface area contributed by atoms with Crippen LogP contribution >= 0.6 is 23.7 Å². The van der Waals surface area contributed by atoms with Crippen molar-refractivity contribution in [3.05, 3.63) is 48.8 Å². The number of aromatic nitrogens is 1. The number of nitrogens with zero attached hydrogens (tertiary/aromatic N) is 2. The number of carbonyl (C=O) groups is 1. The highest BCUT2D eigenvalue weighted by Gasteiger charge is 2.27. The van der Waals surface area contributed by atoms with Crippen molar-refractivity contribution in [1.82, 2.24) is 14.8 Å². The van der Waals surface area contributed by atoms with E-state index in [9.17, 15) is 0 Å². The smallest absolute Gasteiger partial charge is 0.130 e. The third-order valence-electron chi connectivity index (χ3n) is 3.33. The van der Waals surface area contributed by atoms with Gasteiger partial charge in [0.15, 0.2) is 0 Å². The molecule has 1 aliphatic heterocycles. The van der Waals surface area contributed by atoms with Crippen molar-refractivity contribution in [2.45, 2.75) is 23.5 Å². The van der Waals surface area contributed by atoms with E-state index in [0.29, 0.717) is 4.75 Å². The molecule has 0 atom stereocenters. The van der Waals surface area contributed by atoms with Crippen molar-refractivity contribution in [2.24, 2.45) is 0 Å². The van der Waals surface area contributed by atoms with Gasteiger partial charge in [-0.2, -0.15) is 11.8 Å². The summed E-state index contributed by atoms with van der Waals surface area (Å²) < 4.78 is 8.59. The van der Waals surface area contributed by atoms with Crippen LogP contribution in [0.5, 0.6) is 11.5 Å². The van der Waals surface area contributed by atoms with Gasteiger partial charge in [0.2, 0.25) is 0 Å². The fraction of sp³-hybridized carbons (Fsp3) is 0.368. The lowest BCUT2D eigenvalue weighted by molar-refractivity contribution is -0.0979. The zero-order chi connectivity index (χ0) is 20.1. The van der Waals surface area contributed by atoms with Gasteiger partial charge < -0.3 is 14.7 Å². The Hall–Kier alpha value is -1.58. The highest BCUT2D eigenvalue weighted by molar-refractivity contribution is 8.01. The second-order valence-electron chi connectivity index (χ2n) is 6.04. The van der Waals surface area contributed by atoms with Crippen LogP contribution in [0.25, 0.3) is 0 Å². The van der Waals surface area contributed by atoms with E-state index in [2.05, 4.69) is 47.0 Å². The van der Waals surface area contributed by atoms with Gasteiger partial charge in [0.1, 0.15) is 18.3 Å². The van der Waals surface area contributed by atoms with Gasteiger partial charge in [-0.15, -0.1) is 0 Å². The molecular weight excluding hydrogens is 382 g/mol. The van der Waals surface area contributed by atoms with Gasteiger partial charge in [0.05, 0.1) is 0 Å². The number of pyridine rings is 1. The van der Waals surface area contributed by atoms with E-state index in [4.69, 9.17) is 14.7 Å². The lowest BCUT2D eigenvalue weighted by Crippen LogP contribution is -2.39. The molecule has 0 amide bonds. The summed E-state index contributed by atoms with van der Waals surface area (Å²) in [5.41, 5.74) is 1.75. The summed E-state index contributed by atoms with van der Waals surface area (Å²) in [7, 11) is 1.43. The number of hydrogen-bond donors (Lipinski definition) is 2. The molecule has 0 bridgehead atoms. The fourth-order valence-electron chi connectivity index (χ4n) is 2.31. The first-order chi connectivity index (χ1) is 13.0. The van der Waals surface area contributed by atoms with Gasteiger partial charge in [0, 0.05) is 47.9 Å². The average Bonchev–Trinajstić information content (AvgIpc) is 2.66. The summed E-state index contributed by atoms with van der Waals surface area (Å²) in [5, 5.41) is 7.32. The summed E-state index contributed by atoms with van der Waals surface area (Å²) in [6, 6.07) is 12.0. The highest BCUT2D eigenvalue weighted by atomic mass is 32.2. The van der Waals surface area contributed by atoms with E-state index in [0.717, 1.165) is 24.6 Å². The Morgan fingerprint density at radius 1 is 1.19 bits per heavy atom. The molecule has 0 radical (unpaired) electrons. The Morgan fingerprint density at radius 2 is 1.74 bits per heavy atom. The van der Waals surface area contributed by atoms with Crippen molar-refractivity contribution in [1.29, 1.82) is 0 Å². The monoisotopic (exact) mass is 409 g/mol. The molecule has 6 nitrogen and oxygen atoms in total. The number of benzene rings is 1. The van der Waals surface area contributed by atoms with E-state index < -0.39 is 0 Å². The van der Waals surface area contributed by atoms with E-state index in [1.807, 2.05) is 43.0 Å². The molecule has 0 saturated carbocycles. The van der Waals surface area contributed by atoms with Crippen LogP contribution < -0.4 is 10.2 Å². The summed E-state index contributed by atoms with van der Waals surface area (Å²) in [6.07, 6.45) is 3.46. The molecule has 1 fully saturated rings. The van der Waals surface area contributed by atoms with Gasteiger partial charge in [0.25, 0.3) is 0 Å². The van der Waals surface area contributed by atoms with Crippen molar-refractivity contribution >= 4 is 30.5 Å². The van der Waals surface area contributed by atoms with E-state index >= 15 is 0 Å². The Kier molecular flexibility index (Phi) is 11.1. The second-order valence-corrected chi connectivity index (χ2v) is 9.02. The van der Waals surface area contributed by atoms with Crippen LogP contribution in [0.4, 0.5) is 0 Å². The van der Waals surface area contributed by atoms with Crippen molar-refractivity contribution in [3.63, 3.8) is 0 Å². The first kappa shape index (κ1) is 23.5. The van der Waals surface area contributed by atoms with Gasteiger partial charge in [-0.3, -0.25) is 4.98 Å². The van der Waals surface area contributed by atoms with Crippen molar-refractivity contribution in [3.8, 4) is 11.5 Å². The minimum atomic E-state index is 0.343. The Bertz CT molecular complexity index is 642. The highest BCUT2D eigenvalue weighted by Crippen LogP contribution is 2.35. The molecule has 1 saturated heterocycles. The van der Waals surface area contributed by atoms with E-state index in [-0.39, 0.29) is 0 Å². The lowest BCUT2D eigenvalue weighted by Gasteiger charge is -2.36. The fourth-order valence-corrected chi connectivity index (χ4v) is 4.75. The second kappa shape index (κ2) is 12.7. The molecule has 2 aromatic rings. The third-order valence-corrected chi connectivity index (χ3v) is 5.68. The summed E-state index contributed by atoms with van der Waals surface area (Å²) >= 11 is 3.89. The summed E-state index contributed by atoms with van der Waals surface area (Å²) in [4.78, 5) is 13.2. The predicted octanol–water partition coefficient (Wildman–Crippen LogP) is 4.12. The Labute approximate surface area is 169 Å². The molecule has 2 N–H and O–H groups in total. The molecular formula is C19H27N3O3S2. The molecule has 2 heterocycles. The van der Waals surface area contributed by atoms with Gasteiger partial charge >= 0.3 is 0 Å². The first-order valence-electron chi connectivity index (χ1n) is 8.37. The largest absolute Gasteiger partial charge is 0.457 e. The lowest BCUT2D eigenvalue weighted by atomic mass is 10.2. The summed E-state index contributed by atoms with van der Waals surface area (Å²) in [6.45, 7) is 8.87. The van der Waals surface area contributed by atoms with Crippen molar-refractivity contribution < 1.29 is 14.7 Å². The standard InChI is InChI=1S/C17H20N2OS2.CH5NO.CH2O/c1-17(2)13-19(11-12-21-17)22-16-5-3-14(4-6-16)20-15-7-9-18-10-8-15;1-2-3;1-2/h3-10H,11-13H2,1-2H3;2-3H,1H3;1H2. The topological polar surface area (TPSA) is 74.7 Å². The normalized spacial score (nSPS) is 15.6. The predicted molar refractivity (Wildman–Crippen MR) is 113 cm³/mol. The number of rotatable bonds is 4. The van der Waals surface area contributed by atoms with Crippen LogP contribution in [0.3, 0.4) is 0 Å². The Balaban J connectivity index is 0.000000665. The number of thioether (sulfide) groups is 1. The molecule has 1 aliphatic rings. The number of carbonyl (C=O) groups excluding carboxylic acids is 1. The molecule has 148 valence electrons. The quantitative estimate of drug-likeness (QED) is 0.577. The molecule has 1 aromatic heterocycles. The van der Waals surface area contributed by atoms with Crippen molar-refractivity contribution in [2.75, 3.05) is 25.9 Å². The number of hydroxylamine groups is 1. The maximum Gasteiger partial charge on any atom is 0.130 e. The SMILES string of the molecule is C=O.CC1(C)CN(Sc2ccc(Oc3ccncc3)cc2)CCS1.CNO. The van der Waals surface area contributed by atoms with Crippen LogP contribution in [-0.4, -0.2) is 51.9 Å². The zero-order valence-electron chi connectivity index (χ0n) is 15.9.